The van der Waals surface area contributed by atoms with Crippen molar-refractivity contribution in [2.75, 3.05) is 7.11 Å². The molecule has 0 aliphatic rings. The summed E-state index contributed by atoms with van der Waals surface area (Å²) in [4.78, 5) is 12.0. The Morgan fingerprint density at radius 1 is 1.00 bits per heavy atom. The van der Waals surface area contributed by atoms with Gasteiger partial charge in [0.2, 0.25) is 0 Å². The van der Waals surface area contributed by atoms with E-state index in [4.69, 9.17) is 36.8 Å². The van der Waals surface area contributed by atoms with Crippen LogP contribution in [-0.2, 0) is 0 Å². The first-order valence-corrected chi connectivity index (χ1v) is 8.24. The van der Waals surface area contributed by atoms with Crippen LogP contribution in [0.2, 0.25) is 10.0 Å². The van der Waals surface area contributed by atoms with E-state index in [1.54, 1.807) is 31.4 Å². The molecule has 2 heterocycles. The summed E-state index contributed by atoms with van der Waals surface area (Å²) < 4.78 is 16.5. The maximum absolute atomic E-state index is 12.0. The Kier molecular flexibility index (Phi) is 3.74. The van der Waals surface area contributed by atoms with Crippen LogP contribution < -0.4 is 10.4 Å². The molecule has 0 radical (unpaired) electrons. The van der Waals surface area contributed by atoms with Crippen molar-refractivity contribution in [2.45, 2.75) is 6.92 Å². The molecule has 4 rings (SSSR count). The van der Waals surface area contributed by atoms with Gasteiger partial charge in [0.05, 0.1) is 12.1 Å². The summed E-state index contributed by atoms with van der Waals surface area (Å²) in [6.07, 6.45) is 0. The number of hydrogen-bond acceptors (Lipinski definition) is 4. The number of benzene rings is 2. The second kappa shape index (κ2) is 5.83. The number of aryl methyl sites for hydroxylation is 1. The Balaban J connectivity index is 2.08. The molecule has 0 bridgehead atoms. The Hall–Kier alpha value is -2.43. The Morgan fingerprint density at radius 2 is 1.80 bits per heavy atom. The summed E-state index contributed by atoms with van der Waals surface area (Å²) in [5.74, 6) is 1.16. The van der Waals surface area contributed by atoms with Crippen LogP contribution in [0.15, 0.2) is 50.0 Å². The molecule has 0 atom stereocenters. The Labute approximate surface area is 152 Å². The highest BCUT2D eigenvalue weighted by molar-refractivity contribution is 6.38. The van der Waals surface area contributed by atoms with Gasteiger partial charge in [0.1, 0.15) is 17.1 Å². The lowest BCUT2D eigenvalue weighted by Gasteiger charge is -2.05. The van der Waals surface area contributed by atoms with Crippen LogP contribution >= 0.6 is 23.2 Å². The van der Waals surface area contributed by atoms with Crippen LogP contribution in [0.1, 0.15) is 5.56 Å². The summed E-state index contributed by atoms with van der Waals surface area (Å²) in [6, 6.07) is 10.1. The van der Waals surface area contributed by atoms with E-state index in [2.05, 4.69) is 0 Å². The molecule has 0 amide bonds. The minimum Gasteiger partial charge on any atom is -0.497 e. The maximum Gasteiger partial charge on any atom is 0.336 e. The first-order valence-electron chi connectivity index (χ1n) is 7.48. The van der Waals surface area contributed by atoms with E-state index in [1.165, 1.54) is 6.07 Å². The second-order valence-corrected chi connectivity index (χ2v) is 6.51. The molecule has 0 fully saturated rings. The number of furan rings is 1. The quantitative estimate of drug-likeness (QED) is 0.414. The third kappa shape index (κ3) is 2.58. The molecular weight excluding hydrogens is 363 g/mol. The van der Waals surface area contributed by atoms with Crippen molar-refractivity contribution in [2.24, 2.45) is 0 Å². The highest BCUT2D eigenvalue weighted by Crippen LogP contribution is 2.40. The summed E-state index contributed by atoms with van der Waals surface area (Å²) in [5, 5.41) is 2.49. The van der Waals surface area contributed by atoms with Crippen molar-refractivity contribution in [1.29, 1.82) is 0 Å². The summed E-state index contributed by atoms with van der Waals surface area (Å²) >= 11 is 12.3. The van der Waals surface area contributed by atoms with Crippen molar-refractivity contribution in [3.05, 3.63) is 62.4 Å². The number of rotatable bonds is 2. The third-order valence-corrected chi connectivity index (χ3v) is 4.65. The van der Waals surface area contributed by atoms with E-state index in [0.29, 0.717) is 38.3 Å². The first kappa shape index (κ1) is 16.1. The summed E-state index contributed by atoms with van der Waals surface area (Å²) in [7, 11) is 1.55. The number of fused-ring (bicyclic) bond motifs is 2. The molecule has 0 aliphatic heterocycles. The monoisotopic (exact) mass is 374 g/mol. The SMILES string of the molecule is COc1ccc2c(-c3oc4c(Cl)cc(Cl)cc4c3C)cc(=O)oc2c1. The van der Waals surface area contributed by atoms with Crippen molar-refractivity contribution >= 4 is 45.1 Å². The zero-order chi connectivity index (χ0) is 17.7. The number of halogens is 2. The minimum atomic E-state index is -0.472. The smallest absolute Gasteiger partial charge is 0.336 e. The van der Waals surface area contributed by atoms with Crippen LogP contribution in [0, 0.1) is 6.92 Å². The highest BCUT2D eigenvalue weighted by Gasteiger charge is 2.19. The van der Waals surface area contributed by atoms with E-state index < -0.39 is 5.63 Å². The first-order chi connectivity index (χ1) is 12.0. The lowest BCUT2D eigenvalue weighted by Crippen LogP contribution is -1.98. The van der Waals surface area contributed by atoms with E-state index in [0.717, 1.165) is 16.3 Å². The number of methoxy groups -OCH3 is 1. The molecule has 0 saturated carbocycles. The molecule has 0 aliphatic carbocycles. The topological polar surface area (TPSA) is 52.6 Å². The molecule has 25 heavy (non-hydrogen) atoms. The lowest BCUT2D eigenvalue weighted by molar-refractivity contribution is 0.414. The molecule has 126 valence electrons. The van der Waals surface area contributed by atoms with Gasteiger partial charge in [-0.2, -0.15) is 0 Å². The van der Waals surface area contributed by atoms with Crippen molar-refractivity contribution in [3.63, 3.8) is 0 Å². The van der Waals surface area contributed by atoms with Gasteiger partial charge in [-0.15, -0.1) is 0 Å². The van der Waals surface area contributed by atoms with Gasteiger partial charge in [0.15, 0.2) is 5.58 Å². The van der Waals surface area contributed by atoms with E-state index in [-0.39, 0.29) is 0 Å². The van der Waals surface area contributed by atoms with Gasteiger partial charge in [0.25, 0.3) is 0 Å². The van der Waals surface area contributed by atoms with Gasteiger partial charge in [-0.3, -0.25) is 0 Å². The zero-order valence-electron chi connectivity index (χ0n) is 13.4. The minimum absolute atomic E-state index is 0.422. The molecule has 2 aromatic heterocycles. The van der Waals surface area contributed by atoms with Crippen molar-refractivity contribution in [1.82, 2.24) is 0 Å². The van der Waals surface area contributed by atoms with Gasteiger partial charge in [0, 0.05) is 39.1 Å². The zero-order valence-corrected chi connectivity index (χ0v) is 14.9. The van der Waals surface area contributed by atoms with Gasteiger partial charge in [-0.1, -0.05) is 23.2 Å². The fraction of sp³-hybridized carbons (Fsp3) is 0.105. The molecule has 0 N–H and O–H groups in total. The van der Waals surface area contributed by atoms with E-state index >= 15 is 0 Å². The van der Waals surface area contributed by atoms with Crippen LogP contribution in [0.4, 0.5) is 0 Å². The molecular formula is C19H12Cl2O4. The third-order valence-electron chi connectivity index (χ3n) is 4.15. The summed E-state index contributed by atoms with van der Waals surface area (Å²) in [5.41, 5.74) is 1.97. The van der Waals surface area contributed by atoms with Gasteiger partial charge in [-0.25, -0.2) is 4.79 Å². The van der Waals surface area contributed by atoms with Crippen molar-refractivity contribution < 1.29 is 13.6 Å². The fourth-order valence-corrected chi connectivity index (χ4v) is 3.49. The molecule has 6 heteroatoms. The number of ether oxygens (including phenoxy) is 1. The normalized spacial score (nSPS) is 11.4. The van der Waals surface area contributed by atoms with Crippen molar-refractivity contribution in [3.8, 4) is 17.1 Å². The molecule has 0 spiro atoms. The maximum atomic E-state index is 12.0. The molecule has 2 aromatic carbocycles. The molecule has 4 aromatic rings. The molecule has 0 unspecified atom stereocenters. The van der Waals surface area contributed by atoms with Gasteiger partial charge < -0.3 is 13.6 Å². The summed E-state index contributed by atoms with van der Waals surface area (Å²) in [6.45, 7) is 1.90. The second-order valence-electron chi connectivity index (χ2n) is 5.66. The number of hydrogen-bond donors (Lipinski definition) is 0. The lowest BCUT2D eigenvalue weighted by atomic mass is 10.0. The van der Waals surface area contributed by atoms with E-state index in [9.17, 15) is 4.79 Å². The molecule has 4 nitrogen and oxygen atoms in total. The van der Waals surface area contributed by atoms with E-state index in [1.807, 2.05) is 13.0 Å². The highest BCUT2D eigenvalue weighted by atomic mass is 35.5. The largest absolute Gasteiger partial charge is 0.497 e. The average molecular weight is 375 g/mol. The van der Waals surface area contributed by atoms with Crippen LogP contribution in [-0.4, -0.2) is 7.11 Å². The Morgan fingerprint density at radius 3 is 2.56 bits per heavy atom. The van der Waals surface area contributed by atoms with Crippen LogP contribution in [0.3, 0.4) is 0 Å². The predicted molar refractivity (Wildman–Crippen MR) is 99.0 cm³/mol. The van der Waals surface area contributed by atoms with Gasteiger partial charge in [-0.05, 0) is 31.2 Å². The fourth-order valence-electron chi connectivity index (χ4n) is 2.96. The van der Waals surface area contributed by atoms with Gasteiger partial charge >= 0.3 is 5.63 Å². The van der Waals surface area contributed by atoms with Crippen LogP contribution in [0.5, 0.6) is 5.75 Å². The Bertz CT molecular complexity index is 1190. The standard InChI is InChI=1S/C19H12Cl2O4/c1-9-13-5-10(20)6-15(21)19(13)25-18(9)14-8-17(22)24-16-7-11(23-2)3-4-12(14)16/h3-8H,1-2H3. The molecule has 0 saturated heterocycles. The average Bonchev–Trinajstić information content (AvgIpc) is 2.90. The van der Waals surface area contributed by atoms with Crippen LogP contribution in [0.25, 0.3) is 33.3 Å². The predicted octanol–water partition coefficient (Wildman–Crippen LogP) is 5.83.